The normalized spacial score (nSPS) is 13.8. The Labute approximate surface area is 110 Å². The summed E-state index contributed by atoms with van der Waals surface area (Å²) in [6, 6.07) is 8.03. The molecule has 2 atom stereocenters. The van der Waals surface area contributed by atoms with E-state index in [9.17, 15) is 5.11 Å². The van der Waals surface area contributed by atoms with Gasteiger partial charge in [-0.25, -0.2) is 0 Å². The average Bonchev–Trinajstić information content (AvgIpc) is 2.38. The van der Waals surface area contributed by atoms with Gasteiger partial charge in [0, 0.05) is 23.8 Å². The Bertz CT molecular complexity index is 435. The van der Waals surface area contributed by atoms with Gasteiger partial charge in [-0.2, -0.15) is 5.26 Å². The van der Waals surface area contributed by atoms with Gasteiger partial charge in [0.25, 0.3) is 0 Å². The lowest BCUT2D eigenvalue weighted by molar-refractivity contribution is 0.199. The third kappa shape index (κ3) is 3.02. The molecule has 1 unspecified atom stereocenters. The van der Waals surface area contributed by atoms with E-state index < -0.39 is 6.10 Å². The highest BCUT2D eigenvalue weighted by Crippen LogP contribution is 2.29. The molecule has 0 radical (unpaired) electrons. The number of anilines is 1. The van der Waals surface area contributed by atoms with Gasteiger partial charge in [-0.15, -0.1) is 0 Å². The Morgan fingerprint density at radius 2 is 2.00 bits per heavy atom. The molecule has 0 aliphatic carbocycles. The summed E-state index contributed by atoms with van der Waals surface area (Å²) in [4.78, 5) is 2.24. The Balaban J connectivity index is 3.29. The summed E-state index contributed by atoms with van der Waals surface area (Å²) in [6.07, 6.45) is 0.509. The van der Waals surface area contributed by atoms with Crippen molar-refractivity contribution in [1.82, 2.24) is 0 Å². The molecule has 1 aromatic carbocycles. The van der Waals surface area contributed by atoms with E-state index in [1.54, 1.807) is 13.0 Å². The number of rotatable bonds is 5. The lowest BCUT2D eigenvalue weighted by Gasteiger charge is -2.32. The van der Waals surface area contributed by atoms with Gasteiger partial charge in [-0.3, -0.25) is 0 Å². The fourth-order valence-electron chi connectivity index (χ4n) is 2.16. The minimum Gasteiger partial charge on any atom is -0.389 e. The van der Waals surface area contributed by atoms with E-state index in [-0.39, 0.29) is 0 Å². The molecule has 1 rings (SSSR count). The molecule has 0 heterocycles. The Morgan fingerprint density at radius 1 is 1.33 bits per heavy atom. The van der Waals surface area contributed by atoms with Crippen molar-refractivity contribution >= 4 is 5.69 Å². The number of hydrogen-bond acceptors (Lipinski definition) is 3. The number of benzene rings is 1. The number of aliphatic hydroxyl groups is 1. The van der Waals surface area contributed by atoms with Crippen LogP contribution in [0.15, 0.2) is 18.2 Å². The van der Waals surface area contributed by atoms with Crippen LogP contribution in [0.5, 0.6) is 0 Å². The van der Waals surface area contributed by atoms with Gasteiger partial charge < -0.3 is 10.0 Å². The molecule has 98 valence electrons. The van der Waals surface area contributed by atoms with Gasteiger partial charge in [0.15, 0.2) is 0 Å². The van der Waals surface area contributed by atoms with Crippen molar-refractivity contribution in [2.45, 2.75) is 46.3 Å². The molecule has 1 aromatic rings. The number of nitriles is 1. The Kier molecular flexibility index (Phi) is 5.18. The maximum atomic E-state index is 9.86. The molecular weight excluding hydrogens is 224 g/mol. The minimum absolute atomic E-state index is 0.390. The third-order valence-corrected chi connectivity index (χ3v) is 3.38. The van der Waals surface area contributed by atoms with Crippen LogP contribution in [0.25, 0.3) is 0 Å². The van der Waals surface area contributed by atoms with E-state index in [4.69, 9.17) is 5.26 Å². The standard InChI is InChI=1S/C15H22N2O/c1-5-11(3)17(6-2)15-9-13(10-16)7-8-14(15)12(4)18/h7-9,11-12,18H,5-6H2,1-4H3/t11?,12-/m1/s1. The van der Waals surface area contributed by atoms with E-state index in [0.29, 0.717) is 11.6 Å². The predicted octanol–water partition coefficient (Wildman–Crippen LogP) is 3.24. The second-order valence-electron chi connectivity index (χ2n) is 4.60. The summed E-state index contributed by atoms with van der Waals surface area (Å²) in [5, 5.41) is 18.9. The van der Waals surface area contributed by atoms with Gasteiger partial charge in [-0.05, 0) is 39.3 Å². The molecule has 0 amide bonds. The summed E-state index contributed by atoms with van der Waals surface area (Å²) in [7, 11) is 0. The van der Waals surface area contributed by atoms with Crippen LogP contribution in [0.2, 0.25) is 0 Å². The maximum Gasteiger partial charge on any atom is 0.0992 e. The van der Waals surface area contributed by atoms with Crippen molar-refractivity contribution < 1.29 is 5.11 Å². The molecule has 0 bridgehead atoms. The van der Waals surface area contributed by atoms with Crippen molar-refractivity contribution in [1.29, 1.82) is 5.26 Å². The van der Waals surface area contributed by atoms with Crippen molar-refractivity contribution in [2.75, 3.05) is 11.4 Å². The van der Waals surface area contributed by atoms with E-state index >= 15 is 0 Å². The summed E-state index contributed by atoms with van der Waals surface area (Å²) in [5.41, 5.74) is 2.49. The van der Waals surface area contributed by atoms with Crippen LogP contribution in [-0.2, 0) is 0 Å². The van der Waals surface area contributed by atoms with Gasteiger partial charge in [0.05, 0.1) is 17.7 Å². The highest BCUT2D eigenvalue weighted by Gasteiger charge is 2.17. The SMILES string of the molecule is CCC(C)N(CC)c1cc(C#N)ccc1[C@@H](C)O. The monoisotopic (exact) mass is 246 g/mol. The minimum atomic E-state index is -0.522. The molecule has 0 spiro atoms. The summed E-state index contributed by atoms with van der Waals surface area (Å²) >= 11 is 0. The van der Waals surface area contributed by atoms with Crippen LogP contribution in [0.1, 0.15) is 51.3 Å². The van der Waals surface area contributed by atoms with Crippen molar-refractivity contribution in [3.8, 4) is 6.07 Å². The predicted molar refractivity (Wildman–Crippen MR) is 74.6 cm³/mol. The topological polar surface area (TPSA) is 47.3 Å². The number of hydrogen-bond donors (Lipinski definition) is 1. The average molecular weight is 246 g/mol. The van der Waals surface area contributed by atoms with Gasteiger partial charge in [-0.1, -0.05) is 13.0 Å². The van der Waals surface area contributed by atoms with Crippen molar-refractivity contribution in [3.63, 3.8) is 0 Å². The molecule has 18 heavy (non-hydrogen) atoms. The lowest BCUT2D eigenvalue weighted by atomic mass is 10.0. The summed E-state index contributed by atoms with van der Waals surface area (Å²) in [5.74, 6) is 0. The van der Waals surface area contributed by atoms with Crippen LogP contribution < -0.4 is 4.90 Å². The molecule has 0 aliphatic rings. The Morgan fingerprint density at radius 3 is 2.44 bits per heavy atom. The molecule has 0 fully saturated rings. The maximum absolute atomic E-state index is 9.86. The molecule has 0 saturated heterocycles. The van der Waals surface area contributed by atoms with Crippen LogP contribution >= 0.6 is 0 Å². The quantitative estimate of drug-likeness (QED) is 0.867. The van der Waals surface area contributed by atoms with E-state index in [2.05, 4.69) is 31.7 Å². The molecule has 0 saturated carbocycles. The largest absolute Gasteiger partial charge is 0.389 e. The molecule has 3 heteroatoms. The first-order chi connectivity index (χ1) is 8.54. The first kappa shape index (κ1) is 14.5. The zero-order valence-corrected chi connectivity index (χ0v) is 11.6. The fraction of sp³-hybridized carbons (Fsp3) is 0.533. The molecule has 1 N–H and O–H groups in total. The summed E-state index contributed by atoms with van der Waals surface area (Å²) in [6.45, 7) is 9.02. The van der Waals surface area contributed by atoms with E-state index in [0.717, 1.165) is 24.2 Å². The second kappa shape index (κ2) is 6.42. The number of aliphatic hydroxyl groups excluding tert-OH is 1. The van der Waals surface area contributed by atoms with E-state index in [1.807, 2.05) is 12.1 Å². The summed E-state index contributed by atoms with van der Waals surface area (Å²) < 4.78 is 0. The van der Waals surface area contributed by atoms with Crippen LogP contribution in [0.4, 0.5) is 5.69 Å². The first-order valence-electron chi connectivity index (χ1n) is 6.53. The molecule has 0 aromatic heterocycles. The van der Waals surface area contributed by atoms with Gasteiger partial charge >= 0.3 is 0 Å². The zero-order valence-electron chi connectivity index (χ0n) is 11.6. The van der Waals surface area contributed by atoms with E-state index in [1.165, 1.54) is 0 Å². The van der Waals surface area contributed by atoms with Crippen LogP contribution in [0, 0.1) is 11.3 Å². The molecule has 0 aliphatic heterocycles. The lowest BCUT2D eigenvalue weighted by Crippen LogP contribution is -2.33. The highest BCUT2D eigenvalue weighted by molar-refractivity contribution is 5.59. The van der Waals surface area contributed by atoms with Gasteiger partial charge in [0.1, 0.15) is 0 Å². The smallest absolute Gasteiger partial charge is 0.0992 e. The zero-order chi connectivity index (χ0) is 13.7. The van der Waals surface area contributed by atoms with Crippen LogP contribution in [0.3, 0.4) is 0 Å². The Hall–Kier alpha value is -1.53. The van der Waals surface area contributed by atoms with Crippen LogP contribution in [-0.4, -0.2) is 17.7 Å². The first-order valence-corrected chi connectivity index (χ1v) is 6.53. The van der Waals surface area contributed by atoms with Crippen molar-refractivity contribution in [2.24, 2.45) is 0 Å². The molecular formula is C15H22N2O. The van der Waals surface area contributed by atoms with Gasteiger partial charge in [0.2, 0.25) is 0 Å². The third-order valence-electron chi connectivity index (χ3n) is 3.38. The molecule has 3 nitrogen and oxygen atoms in total. The van der Waals surface area contributed by atoms with Crippen molar-refractivity contribution in [3.05, 3.63) is 29.3 Å². The fourth-order valence-corrected chi connectivity index (χ4v) is 2.16. The highest BCUT2D eigenvalue weighted by atomic mass is 16.3. The second-order valence-corrected chi connectivity index (χ2v) is 4.60. The number of nitrogens with zero attached hydrogens (tertiary/aromatic N) is 2.